The molecule has 1 N–H and O–H groups in total. The molecular formula is C14H22BrN3O2S. The van der Waals surface area contributed by atoms with Crippen molar-refractivity contribution in [3.8, 4) is 0 Å². The molecule has 1 aliphatic rings. The number of ether oxygens (including phenoxy) is 1. The predicted molar refractivity (Wildman–Crippen MR) is 88.7 cm³/mol. The standard InChI is InChI=1S/C14H22BrN3O2S/c1-11(8-18-3-5-20-6-4-18)16-14(19)17(2)9-13-7-12(15)10-21-13/h7,10-11H,3-6,8-9H2,1-2H3,(H,16,19). The quantitative estimate of drug-likeness (QED) is 0.858. The zero-order valence-corrected chi connectivity index (χ0v) is 14.9. The summed E-state index contributed by atoms with van der Waals surface area (Å²) in [6, 6.07) is 2.15. The van der Waals surface area contributed by atoms with E-state index in [2.05, 4.69) is 26.1 Å². The Morgan fingerprint density at radius 2 is 2.29 bits per heavy atom. The first kappa shape index (κ1) is 16.7. The van der Waals surface area contributed by atoms with Crippen molar-refractivity contribution >= 4 is 33.3 Å². The van der Waals surface area contributed by atoms with Crippen LogP contribution in [-0.2, 0) is 11.3 Å². The minimum Gasteiger partial charge on any atom is -0.379 e. The normalized spacial score (nSPS) is 17.5. The second kappa shape index (κ2) is 8.12. The third-order valence-corrected chi connectivity index (χ3v) is 5.05. The number of morpholine rings is 1. The minimum atomic E-state index is -0.0275. The highest BCUT2D eigenvalue weighted by atomic mass is 79.9. The van der Waals surface area contributed by atoms with Crippen molar-refractivity contribution in [1.82, 2.24) is 15.1 Å². The molecule has 1 aromatic rings. The van der Waals surface area contributed by atoms with Crippen LogP contribution in [0.3, 0.4) is 0 Å². The maximum Gasteiger partial charge on any atom is 0.317 e. The first-order valence-corrected chi connectivity index (χ1v) is 8.76. The smallest absolute Gasteiger partial charge is 0.317 e. The fourth-order valence-electron chi connectivity index (χ4n) is 2.28. The van der Waals surface area contributed by atoms with Crippen LogP contribution in [0.25, 0.3) is 0 Å². The Morgan fingerprint density at radius 3 is 2.90 bits per heavy atom. The lowest BCUT2D eigenvalue weighted by Gasteiger charge is -2.30. The number of nitrogens with one attached hydrogen (secondary N) is 1. The summed E-state index contributed by atoms with van der Waals surface area (Å²) in [5.41, 5.74) is 0. The van der Waals surface area contributed by atoms with E-state index in [0.717, 1.165) is 37.3 Å². The molecule has 21 heavy (non-hydrogen) atoms. The molecule has 0 bridgehead atoms. The van der Waals surface area contributed by atoms with Gasteiger partial charge < -0.3 is 15.0 Å². The summed E-state index contributed by atoms with van der Waals surface area (Å²) in [6.07, 6.45) is 0. The van der Waals surface area contributed by atoms with Gasteiger partial charge in [-0.15, -0.1) is 11.3 Å². The lowest BCUT2D eigenvalue weighted by Crippen LogP contribution is -2.48. The second-order valence-electron chi connectivity index (χ2n) is 5.35. The second-order valence-corrected chi connectivity index (χ2v) is 7.26. The van der Waals surface area contributed by atoms with E-state index in [-0.39, 0.29) is 12.1 Å². The molecule has 0 spiro atoms. The number of halogens is 1. The largest absolute Gasteiger partial charge is 0.379 e. The number of carbonyl (C=O) groups is 1. The SMILES string of the molecule is CC(CN1CCOCC1)NC(=O)N(C)Cc1cc(Br)cs1. The number of urea groups is 1. The fourth-order valence-corrected chi connectivity index (χ4v) is 3.78. The van der Waals surface area contributed by atoms with Crippen molar-refractivity contribution in [3.05, 3.63) is 20.8 Å². The molecule has 0 aliphatic carbocycles. The van der Waals surface area contributed by atoms with Crippen molar-refractivity contribution in [2.75, 3.05) is 39.9 Å². The molecule has 2 rings (SSSR count). The van der Waals surface area contributed by atoms with Crippen LogP contribution in [0, 0.1) is 0 Å². The molecule has 1 aliphatic heterocycles. The molecule has 0 aromatic carbocycles. The van der Waals surface area contributed by atoms with E-state index < -0.39 is 0 Å². The van der Waals surface area contributed by atoms with Crippen LogP contribution in [-0.4, -0.2) is 61.8 Å². The molecule has 1 unspecified atom stereocenters. The average molecular weight is 376 g/mol. The monoisotopic (exact) mass is 375 g/mol. The highest BCUT2D eigenvalue weighted by molar-refractivity contribution is 9.10. The van der Waals surface area contributed by atoms with Crippen molar-refractivity contribution < 1.29 is 9.53 Å². The van der Waals surface area contributed by atoms with Gasteiger partial charge in [0.15, 0.2) is 0 Å². The maximum atomic E-state index is 12.2. The molecule has 1 saturated heterocycles. The van der Waals surface area contributed by atoms with Crippen LogP contribution >= 0.6 is 27.3 Å². The van der Waals surface area contributed by atoms with Crippen LogP contribution < -0.4 is 5.32 Å². The molecule has 118 valence electrons. The number of rotatable bonds is 5. The minimum absolute atomic E-state index is 0.0275. The Hall–Kier alpha value is -0.630. The number of nitrogens with zero attached hydrogens (tertiary/aromatic N) is 2. The first-order chi connectivity index (χ1) is 10.0. The number of thiophene rings is 1. The average Bonchev–Trinajstić information content (AvgIpc) is 2.85. The number of hydrogen-bond donors (Lipinski definition) is 1. The van der Waals surface area contributed by atoms with Gasteiger partial charge in [-0.1, -0.05) is 0 Å². The number of carbonyl (C=O) groups excluding carboxylic acids is 1. The zero-order valence-electron chi connectivity index (χ0n) is 12.5. The number of amides is 2. The summed E-state index contributed by atoms with van der Waals surface area (Å²) in [4.78, 5) is 17.4. The van der Waals surface area contributed by atoms with Crippen LogP contribution in [0.4, 0.5) is 4.79 Å². The molecule has 1 aromatic heterocycles. The zero-order chi connectivity index (χ0) is 15.2. The van der Waals surface area contributed by atoms with Gasteiger partial charge in [-0.25, -0.2) is 4.79 Å². The van der Waals surface area contributed by atoms with Gasteiger partial charge in [0.25, 0.3) is 0 Å². The van der Waals surface area contributed by atoms with E-state index in [9.17, 15) is 4.79 Å². The molecule has 0 radical (unpaired) electrons. The highest BCUT2D eigenvalue weighted by Gasteiger charge is 2.17. The highest BCUT2D eigenvalue weighted by Crippen LogP contribution is 2.20. The fraction of sp³-hybridized carbons (Fsp3) is 0.643. The summed E-state index contributed by atoms with van der Waals surface area (Å²) in [7, 11) is 1.82. The molecule has 2 heterocycles. The lowest BCUT2D eigenvalue weighted by molar-refractivity contribution is 0.0347. The predicted octanol–water partition coefficient (Wildman–Crippen LogP) is 2.37. The topological polar surface area (TPSA) is 44.8 Å². The third-order valence-electron chi connectivity index (χ3n) is 3.37. The first-order valence-electron chi connectivity index (χ1n) is 7.09. The summed E-state index contributed by atoms with van der Waals surface area (Å²) < 4.78 is 6.40. The van der Waals surface area contributed by atoms with E-state index in [0.29, 0.717) is 6.54 Å². The maximum absolute atomic E-state index is 12.2. The molecule has 5 nitrogen and oxygen atoms in total. The summed E-state index contributed by atoms with van der Waals surface area (Å²) in [6.45, 7) is 7.00. The Labute approximate surface area is 138 Å². The lowest BCUT2D eigenvalue weighted by atomic mass is 10.3. The van der Waals surface area contributed by atoms with E-state index in [4.69, 9.17) is 4.74 Å². The van der Waals surface area contributed by atoms with Crippen molar-refractivity contribution in [2.45, 2.75) is 19.5 Å². The molecular weight excluding hydrogens is 354 g/mol. The summed E-state index contributed by atoms with van der Waals surface area (Å²) in [5, 5.41) is 5.08. The van der Waals surface area contributed by atoms with Gasteiger partial charge in [0.1, 0.15) is 0 Å². The summed E-state index contributed by atoms with van der Waals surface area (Å²) >= 11 is 5.08. The van der Waals surface area contributed by atoms with Gasteiger partial charge in [0.2, 0.25) is 0 Å². The Balaban J connectivity index is 1.74. The van der Waals surface area contributed by atoms with E-state index in [1.807, 2.05) is 25.4 Å². The Morgan fingerprint density at radius 1 is 1.57 bits per heavy atom. The molecule has 7 heteroatoms. The molecule has 1 atom stereocenters. The van der Waals surface area contributed by atoms with Gasteiger partial charge in [-0.05, 0) is 28.9 Å². The number of hydrogen-bond acceptors (Lipinski definition) is 4. The van der Waals surface area contributed by atoms with Gasteiger partial charge in [0, 0.05) is 47.5 Å². The van der Waals surface area contributed by atoms with Gasteiger partial charge in [0.05, 0.1) is 19.8 Å². The van der Waals surface area contributed by atoms with Gasteiger partial charge >= 0.3 is 6.03 Å². The summed E-state index contributed by atoms with van der Waals surface area (Å²) in [5.74, 6) is 0. The van der Waals surface area contributed by atoms with Crippen LogP contribution in [0.15, 0.2) is 15.9 Å². The van der Waals surface area contributed by atoms with E-state index in [1.54, 1.807) is 16.2 Å². The molecule has 1 fully saturated rings. The van der Waals surface area contributed by atoms with Crippen molar-refractivity contribution in [1.29, 1.82) is 0 Å². The van der Waals surface area contributed by atoms with Crippen LogP contribution in [0.1, 0.15) is 11.8 Å². The Bertz CT molecular complexity index is 463. The van der Waals surface area contributed by atoms with Gasteiger partial charge in [-0.3, -0.25) is 4.90 Å². The molecule has 0 saturated carbocycles. The third kappa shape index (κ3) is 5.58. The van der Waals surface area contributed by atoms with Crippen LogP contribution in [0.5, 0.6) is 0 Å². The van der Waals surface area contributed by atoms with Gasteiger partial charge in [-0.2, -0.15) is 0 Å². The van der Waals surface area contributed by atoms with Crippen molar-refractivity contribution in [3.63, 3.8) is 0 Å². The molecule has 2 amide bonds. The van der Waals surface area contributed by atoms with E-state index >= 15 is 0 Å². The van der Waals surface area contributed by atoms with E-state index in [1.165, 1.54) is 4.88 Å². The Kier molecular flexibility index (Phi) is 6.47. The van der Waals surface area contributed by atoms with Crippen LogP contribution in [0.2, 0.25) is 0 Å². The van der Waals surface area contributed by atoms with Crippen molar-refractivity contribution in [2.24, 2.45) is 0 Å².